The lowest BCUT2D eigenvalue weighted by atomic mass is 9.98. The lowest BCUT2D eigenvalue weighted by Crippen LogP contribution is -2.39. The molecule has 126 valence electrons. The molecule has 1 unspecified atom stereocenters. The second-order valence-electron chi connectivity index (χ2n) is 6.41. The maximum Gasteiger partial charge on any atom is 0.223 e. The van der Waals surface area contributed by atoms with Crippen LogP contribution in [0.25, 0.3) is 0 Å². The summed E-state index contributed by atoms with van der Waals surface area (Å²) in [5, 5.41) is 9.79. The zero-order chi connectivity index (χ0) is 17.2. The van der Waals surface area contributed by atoms with Gasteiger partial charge in [0.05, 0.1) is 12.2 Å². The van der Waals surface area contributed by atoms with Gasteiger partial charge in [-0.2, -0.15) is 0 Å². The van der Waals surface area contributed by atoms with E-state index in [9.17, 15) is 9.90 Å². The molecule has 0 aliphatic carbocycles. The van der Waals surface area contributed by atoms with Crippen molar-refractivity contribution in [3.8, 4) is 5.75 Å². The summed E-state index contributed by atoms with van der Waals surface area (Å²) in [5.74, 6) is -0.188. The second-order valence-corrected chi connectivity index (χ2v) is 6.41. The molecule has 4 rings (SSSR count). The molecule has 0 radical (unpaired) electrons. The van der Waals surface area contributed by atoms with Crippen LogP contribution in [-0.2, 0) is 13.1 Å². The number of hydrogen-bond acceptors (Lipinski definition) is 3. The van der Waals surface area contributed by atoms with Crippen LogP contribution in [0, 0.1) is 0 Å². The molecule has 0 fully saturated rings. The minimum absolute atomic E-state index is 0.0107. The van der Waals surface area contributed by atoms with E-state index in [0.717, 1.165) is 30.9 Å². The number of aromatic hydroxyl groups is 1. The van der Waals surface area contributed by atoms with E-state index in [1.165, 1.54) is 5.56 Å². The molecule has 0 amide bonds. The maximum atomic E-state index is 12.1. The fourth-order valence-corrected chi connectivity index (χ4v) is 3.56. The largest absolute Gasteiger partial charge is 0.503 e. The van der Waals surface area contributed by atoms with Gasteiger partial charge in [0.25, 0.3) is 0 Å². The van der Waals surface area contributed by atoms with Crippen molar-refractivity contribution in [1.29, 1.82) is 0 Å². The topological polar surface area (TPSA) is 45.5 Å². The molecule has 1 aliphatic heterocycles. The smallest absolute Gasteiger partial charge is 0.223 e. The van der Waals surface area contributed by atoms with Gasteiger partial charge in [0.2, 0.25) is 5.43 Å². The highest BCUT2D eigenvalue weighted by Gasteiger charge is 2.29. The molecule has 1 aliphatic rings. The van der Waals surface area contributed by atoms with Crippen LogP contribution in [0.3, 0.4) is 0 Å². The molecule has 1 aromatic heterocycles. The van der Waals surface area contributed by atoms with Gasteiger partial charge in [-0.3, -0.25) is 9.69 Å². The summed E-state index contributed by atoms with van der Waals surface area (Å²) in [5.41, 5.74) is 3.00. The van der Waals surface area contributed by atoms with Gasteiger partial charge in [0.15, 0.2) is 5.75 Å². The number of hydrogen-bond donors (Lipinski definition) is 1. The molecule has 1 N–H and O–H groups in total. The first-order valence-corrected chi connectivity index (χ1v) is 8.48. The van der Waals surface area contributed by atoms with Gasteiger partial charge in [0.1, 0.15) is 0 Å². The monoisotopic (exact) mass is 332 g/mol. The molecule has 0 spiro atoms. The van der Waals surface area contributed by atoms with E-state index >= 15 is 0 Å². The van der Waals surface area contributed by atoms with E-state index in [-0.39, 0.29) is 17.2 Å². The SMILES string of the molecule is O=c1cc2n(cc1O)CCN(Cc1ccccc1)C2c1ccccc1. The Morgan fingerprint density at radius 3 is 2.36 bits per heavy atom. The van der Waals surface area contributed by atoms with E-state index in [4.69, 9.17) is 0 Å². The number of pyridine rings is 1. The van der Waals surface area contributed by atoms with Crippen molar-refractivity contribution < 1.29 is 5.11 Å². The van der Waals surface area contributed by atoms with Crippen LogP contribution in [0.5, 0.6) is 5.75 Å². The number of fused-ring (bicyclic) bond motifs is 1. The Morgan fingerprint density at radius 2 is 1.64 bits per heavy atom. The average Bonchev–Trinajstić information content (AvgIpc) is 2.64. The van der Waals surface area contributed by atoms with Gasteiger partial charge < -0.3 is 9.67 Å². The molecule has 4 nitrogen and oxygen atoms in total. The van der Waals surface area contributed by atoms with Crippen molar-refractivity contribution in [2.24, 2.45) is 0 Å². The third kappa shape index (κ3) is 3.08. The van der Waals surface area contributed by atoms with Crippen molar-refractivity contribution >= 4 is 0 Å². The molecular weight excluding hydrogens is 312 g/mol. The lowest BCUT2D eigenvalue weighted by molar-refractivity contribution is 0.172. The van der Waals surface area contributed by atoms with Gasteiger partial charge in [-0.05, 0) is 11.1 Å². The van der Waals surface area contributed by atoms with Crippen molar-refractivity contribution in [3.63, 3.8) is 0 Å². The Bertz CT molecular complexity index is 920. The first kappa shape index (κ1) is 15.7. The van der Waals surface area contributed by atoms with E-state index in [1.54, 1.807) is 12.3 Å². The molecule has 3 aromatic rings. The second kappa shape index (κ2) is 6.57. The molecule has 25 heavy (non-hydrogen) atoms. The van der Waals surface area contributed by atoms with Crippen molar-refractivity contribution in [1.82, 2.24) is 9.47 Å². The van der Waals surface area contributed by atoms with Crippen LogP contribution in [0.4, 0.5) is 0 Å². The van der Waals surface area contributed by atoms with Crippen LogP contribution >= 0.6 is 0 Å². The van der Waals surface area contributed by atoms with Crippen molar-refractivity contribution in [2.45, 2.75) is 19.1 Å². The number of benzene rings is 2. The van der Waals surface area contributed by atoms with Crippen molar-refractivity contribution in [2.75, 3.05) is 6.54 Å². The summed E-state index contributed by atoms with van der Waals surface area (Å²) in [6.45, 7) is 2.42. The predicted octanol–water partition coefficient (Wildman–Crippen LogP) is 3.16. The highest BCUT2D eigenvalue weighted by atomic mass is 16.3. The summed E-state index contributed by atoms with van der Waals surface area (Å²) >= 11 is 0. The Morgan fingerprint density at radius 1 is 0.960 bits per heavy atom. The van der Waals surface area contributed by atoms with Crippen molar-refractivity contribution in [3.05, 3.63) is 100.0 Å². The number of rotatable bonds is 3. The lowest BCUT2D eigenvalue weighted by Gasteiger charge is -2.38. The standard InChI is InChI=1S/C21H20N2O2/c24-19-13-18-21(17-9-5-2-6-10-17)23(12-11-22(18)15-20(19)25)14-16-7-3-1-4-8-16/h1-10,13,15,21,25H,11-12,14H2. The summed E-state index contributed by atoms with van der Waals surface area (Å²) in [6.07, 6.45) is 1.56. The third-order valence-corrected chi connectivity index (χ3v) is 4.76. The summed E-state index contributed by atoms with van der Waals surface area (Å²) in [6, 6.07) is 22.2. The maximum absolute atomic E-state index is 12.1. The van der Waals surface area contributed by atoms with Crippen LogP contribution in [0.1, 0.15) is 22.9 Å². The fraction of sp³-hybridized carbons (Fsp3) is 0.190. The number of nitrogens with zero attached hydrogens (tertiary/aromatic N) is 2. The van der Waals surface area contributed by atoms with Crippen LogP contribution in [0.15, 0.2) is 77.7 Å². The third-order valence-electron chi connectivity index (χ3n) is 4.76. The predicted molar refractivity (Wildman–Crippen MR) is 97.5 cm³/mol. The highest BCUT2D eigenvalue weighted by Crippen LogP contribution is 2.33. The Hall–Kier alpha value is -2.85. The molecule has 2 aromatic carbocycles. The molecule has 2 heterocycles. The highest BCUT2D eigenvalue weighted by molar-refractivity contribution is 5.32. The van der Waals surface area contributed by atoms with Gasteiger partial charge in [-0.15, -0.1) is 0 Å². The molecular formula is C21H20N2O2. The fourth-order valence-electron chi connectivity index (χ4n) is 3.56. The first-order valence-electron chi connectivity index (χ1n) is 8.48. The zero-order valence-electron chi connectivity index (χ0n) is 13.9. The zero-order valence-corrected chi connectivity index (χ0v) is 13.9. The van der Waals surface area contributed by atoms with E-state index in [0.29, 0.717) is 0 Å². The average molecular weight is 332 g/mol. The minimum atomic E-state index is -0.325. The summed E-state index contributed by atoms with van der Waals surface area (Å²) in [4.78, 5) is 14.4. The van der Waals surface area contributed by atoms with Crippen LogP contribution in [-0.4, -0.2) is 21.1 Å². The number of aromatic nitrogens is 1. The van der Waals surface area contributed by atoms with Crippen LogP contribution in [0.2, 0.25) is 0 Å². The van der Waals surface area contributed by atoms with E-state index in [1.807, 2.05) is 41.0 Å². The first-order chi connectivity index (χ1) is 12.2. The normalized spacial score (nSPS) is 17.2. The Kier molecular flexibility index (Phi) is 4.12. The summed E-state index contributed by atoms with van der Waals surface area (Å²) < 4.78 is 2.00. The molecule has 4 heteroatoms. The Labute approximate surface area is 146 Å². The van der Waals surface area contributed by atoms with E-state index in [2.05, 4.69) is 29.2 Å². The summed E-state index contributed by atoms with van der Waals surface area (Å²) in [7, 11) is 0. The van der Waals surface area contributed by atoms with Gasteiger partial charge in [-0.25, -0.2) is 0 Å². The molecule has 0 bridgehead atoms. The van der Waals surface area contributed by atoms with Gasteiger partial charge >= 0.3 is 0 Å². The Balaban J connectivity index is 1.79. The van der Waals surface area contributed by atoms with Crippen LogP contribution < -0.4 is 5.43 Å². The van der Waals surface area contributed by atoms with E-state index < -0.39 is 0 Å². The van der Waals surface area contributed by atoms with Gasteiger partial charge in [0, 0.05) is 31.4 Å². The minimum Gasteiger partial charge on any atom is -0.503 e. The molecule has 0 saturated heterocycles. The quantitative estimate of drug-likeness (QED) is 0.801. The van der Waals surface area contributed by atoms with Gasteiger partial charge in [-0.1, -0.05) is 60.7 Å². The molecule has 1 atom stereocenters. The molecule has 0 saturated carbocycles.